The standard InChI is InChI=1S/C25H30N2OS/c1-3-5-7-9-19-28-23-17-15-21(16-18-23)20-11-13-22(14-12-20)25-27-26-24(29-25)10-8-6-4-2/h5,7,11-18H,3-4,6,8-10,19H2,1-2H3. The second-order valence-corrected chi connectivity index (χ2v) is 8.14. The minimum Gasteiger partial charge on any atom is -0.493 e. The third-order valence-corrected chi connectivity index (χ3v) is 5.77. The summed E-state index contributed by atoms with van der Waals surface area (Å²) in [6.07, 6.45) is 11.1. The predicted molar refractivity (Wildman–Crippen MR) is 124 cm³/mol. The van der Waals surface area contributed by atoms with E-state index in [1.807, 2.05) is 12.1 Å². The fourth-order valence-corrected chi connectivity index (χ4v) is 3.96. The van der Waals surface area contributed by atoms with Crippen LogP contribution >= 0.6 is 11.3 Å². The number of benzene rings is 2. The van der Waals surface area contributed by atoms with E-state index in [-0.39, 0.29) is 0 Å². The summed E-state index contributed by atoms with van der Waals surface area (Å²) >= 11 is 1.71. The molecule has 0 fully saturated rings. The number of hydrogen-bond acceptors (Lipinski definition) is 4. The van der Waals surface area contributed by atoms with Gasteiger partial charge in [-0.05, 0) is 42.5 Å². The van der Waals surface area contributed by atoms with E-state index in [4.69, 9.17) is 4.74 Å². The highest BCUT2D eigenvalue weighted by Crippen LogP contribution is 2.28. The first kappa shape index (κ1) is 21.3. The van der Waals surface area contributed by atoms with E-state index in [9.17, 15) is 0 Å². The number of ether oxygens (including phenoxy) is 1. The van der Waals surface area contributed by atoms with Gasteiger partial charge >= 0.3 is 0 Å². The second-order valence-electron chi connectivity index (χ2n) is 7.08. The molecule has 0 aliphatic heterocycles. The number of hydrogen-bond donors (Lipinski definition) is 0. The highest BCUT2D eigenvalue weighted by atomic mass is 32.1. The third-order valence-electron chi connectivity index (χ3n) is 4.74. The molecule has 29 heavy (non-hydrogen) atoms. The predicted octanol–water partition coefficient (Wildman–Crippen LogP) is 7.34. The average Bonchev–Trinajstić information content (AvgIpc) is 3.23. The zero-order valence-electron chi connectivity index (χ0n) is 17.4. The van der Waals surface area contributed by atoms with Gasteiger partial charge in [-0.15, -0.1) is 10.2 Å². The molecule has 0 spiro atoms. The van der Waals surface area contributed by atoms with Gasteiger partial charge in [-0.3, -0.25) is 0 Å². The number of allylic oxidation sites excluding steroid dienone is 1. The molecule has 0 saturated heterocycles. The number of unbranched alkanes of at least 4 members (excludes halogenated alkanes) is 2. The normalized spacial score (nSPS) is 11.2. The summed E-state index contributed by atoms with van der Waals surface area (Å²) in [5.74, 6) is 0.916. The van der Waals surface area contributed by atoms with E-state index in [1.54, 1.807) is 11.3 Å². The first-order valence-corrected chi connectivity index (χ1v) is 11.4. The van der Waals surface area contributed by atoms with Crippen LogP contribution in [-0.4, -0.2) is 16.8 Å². The Kier molecular flexibility index (Phi) is 8.44. The Morgan fingerprint density at radius 2 is 1.52 bits per heavy atom. The number of aromatic nitrogens is 2. The van der Waals surface area contributed by atoms with Gasteiger partial charge in [-0.2, -0.15) is 0 Å². The van der Waals surface area contributed by atoms with Crippen LogP contribution < -0.4 is 4.74 Å². The van der Waals surface area contributed by atoms with Crippen LogP contribution in [0.25, 0.3) is 21.7 Å². The lowest BCUT2D eigenvalue weighted by Crippen LogP contribution is -1.95. The van der Waals surface area contributed by atoms with Crippen molar-refractivity contribution in [2.75, 3.05) is 6.61 Å². The molecule has 0 N–H and O–H groups in total. The van der Waals surface area contributed by atoms with Gasteiger partial charge in [0.2, 0.25) is 0 Å². The molecule has 0 atom stereocenters. The molecule has 0 bridgehead atoms. The minimum atomic E-state index is 0.715. The van der Waals surface area contributed by atoms with Gasteiger partial charge in [-0.25, -0.2) is 0 Å². The topological polar surface area (TPSA) is 35.0 Å². The summed E-state index contributed by atoms with van der Waals surface area (Å²) in [5, 5.41) is 10.9. The lowest BCUT2D eigenvalue weighted by Gasteiger charge is -2.07. The quantitative estimate of drug-likeness (QED) is 0.247. The lowest BCUT2D eigenvalue weighted by atomic mass is 10.0. The van der Waals surface area contributed by atoms with Crippen LogP contribution in [-0.2, 0) is 6.42 Å². The molecular weight excluding hydrogens is 376 g/mol. The molecule has 0 saturated carbocycles. The molecule has 0 amide bonds. The minimum absolute atomic E-state index is 0.715. The summed E-state index contributed by atoms with van der Waals surface area (Å²) in [6, 6.07) is 16.9. The first-order chi connectivity index (χ1) is 14.3. The molecule has 0 aliphatic rings. The third kappa shape index (κ3) is 6.53. The van der Waals surface area contributed by atoms with Gasteiger partial charge in [0.1, 0.15) is 15.8 Å². The molecule has 2 aromatic carbocycles. The van der Waals surface area contributed by atoms with Crippen LogP contribution in [0.5, 0.6) is 5.75 Å². The summed E-state index contributed by atoms with van der Waals surface area (Å²) in [6.45, 7) is 5.08. The molecule has 3 aromatic rings. The Morgan fingerprint density at radius 1 is 0.828 bits per heavy atom. The van der Waals surface area contributed by atoms with E-state index < -0.39 is 0 Å². The lowest BCUT2D eigenvalue weighted by molar-refractivity contribution is 0.325. The Balaban J connectivity index is 1.57. The average molecular weight is 407 g/mol. The Labute approximate surface area is 178 Å². The van der Waals surface area contributed by atoms with Crippen LogP contribution in [0.4, 0.5) is 0 Å². The SMILES string of the molecule is CCC=CCCOc1ccc(-c2ccc(-c3nnc(CCCCC)s3)cc2)cc1. The van der Waals surface area contributed by atoms with Crippen LogP contribution in [0.3, 0.4) is 0 Å². The molecule has 3 rings (SSSR count). The van der Waals surface area contributed by atoms with Crippen molar-refractivity contribution in [3.8, 4) is 27.4 Å². The summed E-state index contributed by atoms with van der Waals surface area (Å²) in [7, 11) is 0. The van der Waals surface area contributed by atoms with Gasteiger partial charge in [-0.1, -0.05) is 86.6 Å². The van der Waals surface area contributed by atoms with E-state index in [0.717, 1.165) is 40.6 Å². The highest BCUT2D eigenvalue weighted by molar-refractivity contribution is 7.14. The summed E-state index contributed by atoms with van der Waals surface area (Å²) in [5.41, 5.74) is 3.51. The van der Waals surface area contributed by atoms with Gasteiger partial charge in [0.15, 0.2) is 0 Å². The molecule has 1 aromatic heterocycles. The largest absolute Gasteiger partial charge is 0.493 e. The van der Waals surface area contributed by atoms with Crippen molar-refractivity contribution >= 4 is 11.3 Å². The van der Waals surface area contributed by atoms with Crippen molar-refractivity contribution in [1.29, 1.82) is 0 Å². The van der Waals surface area contributed by atoms with Crippen molar-refractivity contribution in [3.05, 3.63) is 65.7 Å². The van der Waals surface area contributed by atoms with E-state index in [2.05, 4.69) is 72.6 Å². The fraction of sp³-hybridized carbons (Fsp3) is 0.360. The van der Waals surface area contributed by atoms with Crippen molar-refractivity contribution in [3.63, 3.8) is 0 Å². The Bertz CT molecular complexity index is 882. The Morgan fingerprint density at radius 3 is 2.21 bits per heavy atom. The molecule has 3 nitrogen and oxygen atoms in total. The molecule has 0 aliphatic carbocycles. The summed E-state index contributed by atoms with van der Waals surface area (Å²) < 4.78 is 5.79. The first-order valence-electron chi connectivity index (χ1n) is 10.6. The summed E-state index contributed by atoms with van der Waals surface area (Å²) in [4.78, 5) is 0. The van der Waals surface area contributed by atoms with Crippen LogP contribution in [0, 0.1) is 0 Å². The smallest absolute Gasteiger partial charge is 0.147 e. The van der Waals surface area contributed by atoms with Crippen molar-refractivity contribution in [2.45, 2.75) is 52.4 Å². The van der Waals surface area contributed by atoms with Crippen molar-refractivity contribution < 1.29 is 4.74 Å². The zero-order valence-corrected chi connectivity index (χ0v) is 18.3. The molecule has 4 heteroatoms. The van der Waals surface area contributed by atoms with Gasteiger partial charge in [0.05, 0.1) is 6.61 Å². The maximum atomic E-state index is 5.79. The maximum Gasteiger partial charge on any atom is 0.147 e. The van der Waals surface area contributed by atoms with E-state index in [1.165, 1.54) is 30.4 Å². The number of aryl methyl sites for hydroxylation is 1. The molecule has 0 radical (unpaired) electrons. The maximum absolute atomic E-state index is 5.79. The van der Waals surface area contributed by atoms with E-state index >= 15 is 0 Å². The number of nitrogens with zero attached hydrogens (tertiary/aromatic N) is 2. The van der Waals surface area contributed by atoms with Crippen LogP contribution in [0.2, 0.25) is 0 Å². The van der Waals surface area contributed by atoms with Crippen molar-refractivity contribution in [2.24, 2.45) is 0 Å². The Hall–Kier alpha value is -2.46. The number of rotatable bonds is 11. The van der Waals surface area contributed by atoms with E-state index in [0.29, 0.717) is 6.61 Å². The van der Waals surface area contributed by atoms with Gasteiger partial charge < -0.3 is 4.74 Å². The van der Waals surface area contributed by atoms with Crippen molar-refractivity contribution in [1.82, 2.24) is 10.2 Å². The van der Waals surface area contributed by atoms with Gasteiger partial charge in [0, 0.05) is 12.0 Å². The molecule has 0 unspecified atom stereocenters. The fourth-order valence-electron chi connectivity index (χ4n) is 3.08. The molecular formula is C25H30N2OS. The van der Waals surface area contributed by atoms with Gasteiger partial charge in [0.25, 0.3) is 0 Å². The molecule has 152 valence electrons. The zero-order chi connectivity index (χ0) is 20.3. The monoisotopic (exact) mass is 406 g/mol. The molecule has 1 heterocycles. The second kappa shape index (κ2) is 11.5. The van der Waals surface area contributed by atoms with Crippen LogP contribution in [0.1, 0.15) is 51.0 Å². The van der Waals surface area contributed by atoms with Crippen LogP contribution in [0.15, 0.2) is 60.7 Å². The highest BCUT2D eigenvalue weighted by Gasteiger charge is 2.07.